The van der Waals surface area contributed by atoms with Crippen molar-refractivity contribution in [2.75, 3.05) is 64.0 Å². The van der Waals surface area contributed by atoms with E-state index in [1.807, 2.05) is 59.2 Å². The summed E-state index contributed by atoms with van der Waals surface area (Å²) in [5.41, 5.74) is 1.24. The van der Waals surface area contributed by atoms with Gasteiger partial charge in [0.05, 0.1) is 4.92 Å². The van der Waals surface area contributed by atoms with E-state index in [1.54, 1.807) is 12.1 Å². The minimum atomic E-state index is -0.337. The van der Waals surface area contributed by atoms with Crippen LogP contribution in [0.2, 0.25) is 0 Å². The van der Waals surface area contributed by atoms with Gasteiger partial charge < -0.3 is 4.90 Å². The van der Waals surface area contributed by atoms with Crippen molar-refractivity contribution >= 4 is 58.4 Å². The molecule has 1 aromatic rings. The first-order chi connectivity index (χ1) is 12.7. The van der Waals surface area contributed by atoms with Gasteiger partial charge >= 0.3 is 0 Å². The molecule has 0 amide bonds. The molecule has 0 aliphatic carbocycles. The number of anilines is 1. The third-order valence-electron chi connectivity index (χ3n) is 3.59. The van der Waals surface area contributed by atoms with Crippen molar-refractivity contribution in [3.63, 3.8) is 0 Å². The van der Waals surface area contributed by atoms with Gasteiger partial charge in [-0.15, -0.1) is 0 Å². The summed E-state index contributed by atoms with van der Waals surface area (Å²) in [6.45, 7) is 6.37. The minimum Gasteiger partial charge on any atom is -0.370 e. The fourth-order valence-electron chi connectivity index (χ4n) is 2.23. The zero-order chi connectivity index (χ0) is 19.0. The fraction of sp³-hybridized carbons (Fsp3) is 0.667. The first-order valence-corrected chi connectivity index (χ1v) is 13.6. The molecular formula is C18H30N2O2S4. The fourth-order valence-corrected chi connectivity index (χ4v) is 5.80. The van der Waals surface area contributed by atoms with Crippen molar-refractivity contribution in [3.05, 3.63) is 34.4 Å². The highest BCUT2D eigenvalue weighted by Crippen LogP contribution is 2.21. The van der Waals surface area contributed by atoms with Crippen LogP contribution in [0.4, 0.5) is 11.4 Å². The van der Waals surface area contributed by atoms with Crippen LogP contribution in [0.3, 0.4) is 0 Å². The summed E-state index contributed by atoms with van der Waals surface area (Å²) in [5.74, 6) is 9.36. The third kappa shape index (κ3) is 10.8. The summed E-state index contributed by atoms with van der Waals surface area (Å²) in [6.07, 6.45) is 0. The van der Waals surface area contributed by atoms with Crippen LogP contribution in [-0.2, 0) is 0 Å². The molecule has 8 heteroatoms. The second-order valence-corrected chi connectivity index (χ2v) is 10.6. The average molecular weight is 435 g/mol. The Balaban J connectivity index is 2.47. The number of thioether (sulfide) groups is 4. The van der Waals surface area contributed by atoms with Gasteiger partial charge in [0.2, 0.25) is 0 Å². The summed E-state index contributed by atoms with van der Waals surface area (Å²) in [5, 5.41) is 10.9. The van der Waals surface area contributed by atoms with Crippen LogP contribution in [0.1, 0.15) is 13.8 Å². The van der Waals surface area contributed by atoms with Crippen molar-refractivity contribution in [2.45, 2.75) is 13.8 Å². The molecule has 26 heavy (non-hydrogen) atoms. The van der Waals surface area contributed by atoms with Crippen LogP contribution in [0, 0.1) is 10.1 Å². The van der Waals surface area contributed by atoms with E-state index < -0.39 is 0 Å². The van der Waals surface area contributed by atoms with Crippen molar-refractivity contribution in [3.8, 4) is 0 Å². The molecule has 1 aromatic carbocycles. The summed E-state index contributed by atoms with van der Waals surface area (Å²) in [6, 6.07) is 6.98. The molecule has 0 atom stereocenters. The van der Waals surface area contributed by atoms with Crippen LogP contribution in [0.25, 0.3) is 0 Å². The smallest absolute Gasteiger partial charge is 0.269 e. The molecule has 0 spiro atoms. The largest absolute Gasteiger partial charge is 0.370 e. The Bertz CT molecular complexity index is 473. The number of non-ortho nitro benzene ring substituents is 1. The van der Waals surface area contributed by atoms with Gasteiger partial charge in [0.15, 0.2) is 0 Å². The Morgan fingerprint density at radius 3 is 1.69 bits per heavy atom. The topological polar surface area (TPSA) is 46.4 Å². The number of nitro benzene ring substituents is 1. The van der Waals surface area contributed by atoms with Crippen LogP contribution >= 0.6 is 47.0 Å². The molecule has 0 saturated heterocycles. The molecule has 0 aromatic heterocycles. The third-order valence-corrected chi connectivity index (χ3v) is 7.84. The maximum absolute atomic E-state index is 10.9. The van der Waals surface area contributed by atoms with E-state index in [2.05, 4.69) is 18.7 Å². The van der Waals surface area contributed by atoms with Gasteiger partial charge in [0, 0.05) is 65.4 Å². The van der Waals surface area contributed by atoms with Gasteiger partial charge in [-0.25, -0.2) is 0 Å². The van der Waals surface area contributed by atoms with Crippen LogP contribution in [0.15, 0.2) is 24.3 Å². The molecular weight excluding hydrogens is 404 g/mol. The molecule has 0 heterocycles. The highest BCUT2D eigenvalue weighted by atomic mass is 32.2. The maximum Gasteiger partial charge on any atom is 0.269 e. The molecule has 148 valence electrons. The lowest BCUT2D eigenvalue weighted by atomic mass is 10.2. The van der Waals surface area contributed by atoms with Crippen LogP contribution < -0.4 is 4.90 Å². The molecule has 0 aliphatic rings. The zero-order valence-electron chi connectivity index (χ0n) is 15.7. The number of nitro groups is 1. The van der Waals surface area contributed by atoms with Gasteiger partial charge in [-0.1, -0.05) is 13.8 Å². The molecule has 0 radical (unpaired) electrons. The van der Waals surface area contributed by atoms with E-state index in [0.29, 0.717) is 0 Å². The molecule has 0 fully saturated rings. The highest BCUT2D eigenvalue weighted by molar-refractivity contribution is 8.03. The molecule has 4 nitrogen and oxygen atoms in total. The predicted molar refractivity (Wildman–Crippen MR) is 126 cm³/mol. The Hall–Kier alpha value is -0.180. The number of nitrogens with zero attached hydrogens (tertiary/aromatic N) is 2. The molecule has 0 saturated carbocycles. The lowest BCUT2D eigenvalue weighted by Crippen LogP contribution is -2.28. The molecule has 0 aliphatic heterocycles. The van der Waals surface area contributed by atoms with Crippen LogP contribution in [-0.4, -0.2) is 64.0 Å². The molecule has 0 unspecified atom stereocenters. The van der Waals surface area contributed by atoms with E-state index >= 15 is 0 Å². The van der Waals surface area contributed by atoms with E-state index in [9.17, 15) is 10.1 Å². The summed E-state index contributed by atoms with van der Waals surface area (Å²) < 4.78 is 0. The van der Waals surface area contributed by atoms with E-state index in [0.717, 1.165) is 30.3 Å². The number of hydrogen-bond acceptors (Lipinski definition) is 7. The lowest BCUT2D eigenvalue weighted by Gasteiger charge is -2.24. The quantitative estimate of drug-likeness (QED) is 0.197. The minimum absolute atomic E-state index is 0.158. The summed E-state index contributed by atoms with van der Waals surface area (Å²) in [4.78, 5) is 12.9. The zero-order valence-corrected chi connectivity index (χ0v) is 19.0. The van der Waals surface area contributed by atoms with Crippen molar-refractivity contribution in [2.24, 2.45) is 0 Å². The Labute approximate surface area is 175 Å². The average Bonchev–Trinajstić information content (AvgIpc) is 2.65. The first-order valence-electron chi connectivity index (χ1n) is 8.99. The first kappa shape index (κ1) is 23.9. The van der Waals surface area contributed by atoms with Gasteiger partial charge in [-0.3, -0.25) is 10.1 Å². The van der Waals surface area contributed by atoms with Crippen LogP contribution in [0.5, 0.6) is 0 Å². The monoisotopic (exact) mass is 434 g/mol. The van der Waals surface area contributed by atoms with Crippen molar-refractivity contribution in [1.82, 2.24) is 0 Å². The Kier molecular flexibility index (Phi) is 14.5. The summed E-state index contributed by atoms with van der Waals surface area (Å²) >= 11 is 7.96. The lowest BCUT2D eigenvalue weighted by molar-refractivity contribution is -0.384. The van der Waals surface area contributed by atoms with E-state index in [1.165, 1.54) is 34.5 Å². The van der Waals surface area contributed by atoms with E-state index in [4.69, 9.17) is 0 Å². The highest BCUT2D eigenvalue weighted by Gasteiger charge is 2.10. The second-order valence-electron chi connectivity index (χ2n) is 5.38. The molecule has 1 rings (SSSR count). The van der Waals surface area contributed by atoms with Gasteiger partial charge in [0.1, 0.15) is 0 Å². The molecule has 0 bridgehead atoms. The maximum atomic E-state index is 10.9. The normalized spacial score (nSPS) is 10.8. The van der Waals surface area contributed by atoms with E-state index in [-0.39, 0.29) is 10.6 Å². The number of hydrogen-bond donors (Lipinski definition) is 0. The van der Waals surface area contributed by atoms with Crippen molar-refractivity contribution in [1.29, 1.82) is 0 Å². The Morgan fingerprint density at radius 2 is 1.27 bits per heavy atom. The van der Waals surface area contributed by atoms with Gasteiger partial charge in [0.25, 0.3) is 5.69 Å². The van der Waals surface area contributed by atoms with Gasteiger partial charge in [-0.2, -0.15) is 47.0 Å². The second kappa shape index (κ2) is 15.8. The summed E-state index contributed by atoms with van der Waals surface area (Å²) in [7, 11) is 0. The molecule has 0 N–H and O–H groups in total. The number of rotatable bonds is 16. The number of benzene rings is 1. The SMILES string of the molecule is CCSCCSCCN(CCSCCSCC)c1ccc([N+](=O)[O-])cc1. The van der Waals surface area contributed by atoms with Crippen molar-refractivity contribution < 1.29 is 4.92 Å². The predicted octanol–water partition coefficient (Wildman–Crippen LogP) is 5.37. The standard InChI is InChI=1S/C18H30N2O2S4/c1-3-23-13-15-25-11-9-19(10-12-26-16-14-24-4-2)17-5-7-18(8-6-17)20(21)22/h5-8H,3-4,9-16H2,1-2H3. The van der Waals surface area contributed by atoms with Gasteiger partial charge in [-0.05, 0) is 23.6 Å². The Morgan fingerprint density at radius 1 is 0.808 bits per heavy atom.